The summed E-state index contributed by atoms with van der Waals surface area (Å²) >= 11 is 0. The summed E-state index contributed by atoms with van der Waals surface area (Å²) in [6.07, 6.45) is 12.1. The van der Waals surface area contributed by atoms with Gasteiger partial charge >= 0.3 is 0 Å². The summed E-state index contributed by atoms with van der Waals surface area (Å²) in [6.45, 7) is 6.62. The molecule has 1 rings (SSSR count). The van der Waals surface area contributed by atoms with Crippen molar-refractivity contribution in [3.05, 3.63) is 0 Å². The van der Waals surface area contributed by atoms with Gasteiger partial charge in [0, 0.05) is 18.5 Å². The molecule has 1 aliphatic heterocycles. The highest BCUT2D eigenvalue weighted by Crippen LogP contribution is 2.24. The highest BCUT2D eigenvalue weighted by molar-refractivity contribution is 5.77. The van der Waals surface area contributed by atoms with E-state index in [1.165, 1.54) is 51.4 Å². The van der Waals surface area contributed by atoms with E-state index < -0.39 is 0 Å². The van der Waals surface area contributed by atoms with Crippen LogP contribution in [0.1, 0.15) is 85.0 Å². The first kappa shape index (κ1) is 15.5. The van der Waals surface area contributed by atoms with E-state index in [1.54, 1.807) is 0 Å². The van der Waals surface area contributed by atoms with Crippen LogP contribution in [-0.4, -0.2) is 22.9 Å². The molecule has 1 amide bonds. The van der Waals surface area contributed by atoms with Gasteiger partial charge in [0.05, 0.1) is 0 Å². The maximum Gasteiger partial charge on any atom is 0.223 e. The van der Waals surface area contributed by atoms with Crippen molar-refractivity contribution in [1.29, 1.82) is 0 Å². The molecule has 0 aromatic heterocycles. The second-order valence-corrected chi connectivity index (χ2v) is 5.95. The van der Waals surface area contributed by atoms with Gasteiger partial charge in [-0.2, -0.15) is 0 Å². The lowest BCUT2D eigenvalue weighted by atomic mass is 10.1. The maximum atomic E-state index is 12.1. The van der Waals surface area contributed by atoms with Crippen molar-refractivity contribution in [2.24, 2.45) is 0 Å². The molecule has 2 nitrogen and oxygen atoms in total. The lowest BCUT2D eigenvalue weighted by molar-refractivity contribution is -0.133. The number of likely N-dealkylation sites (tertiary alicyclic amines) is 1. The number of hydrogen-bond acceptors (Lipinski definition) is 1. The fraction of sp³-hybridized carbons (Fsp3) is 0.938. The number of amides is 1. The van der Waals surface area contributed by atoms with Crippen LogP contribution < -0.4 is 0 Å². The fourth-order valence-electron chi connectivity index (χ4n) is 3.05. The third-order valence-corrected chi connectivity index (χ3v) is 4.23. The van der Waals surface area contributed by atoms with Crippen LogP contribution in [0, 0.1) is 0 Å². The topological polar surface area (TPSA) is 20.3 Å². The first-order valence-electron chi connectivity index (χ1n) is 7.98. The van der Waals surface area contributed by atoms with E-state index in [4.69, 9.17) is 0 Å². The van der Waals surface area contributed by atoms with Gasteiger partial charge in [-0.05, 0) is 33.1 Å². The second-order valence-electron chi connectivity index (χ2n) is 5.95. The van der Waals surface area contributed by atoms with E-state index in [-0.39, 0.29) is 0 Å². The van der Waals surface area contributed by atoms with Crippen LogP contribution >= 0.6 is 0 Å². The molecule has 2 heteroatoms. The van der Waals surface area contributed by atoms with E-state index in [0.29, 0.717) is 18.0 Å². The number of unbranched alkanes of at least 4 members (excludes halogenated alkanes) is 6. The lowest BCUT2D eigenvalue weighted by Gasteiger charge is -2.26. The molecule has 106 valence electrons. The van der Waals surface area contributed by atoms with Gasteiger partial charge in [-0.15, -0.1) is 0 Å². The van der Waals surface area contributed by atoms with E-state index in [0.717, 1.165) is 12.8 Å². The molecule has 0 N–H and O–H groups in total. The number of carbonyl (C=O) groups excluding carboxylic acids is 1. The van der Waals surface area contributed by atoms with E-state index >= 15 is 0 Å². The Morgan fingerprint density at radius 2 is 1.44 bits per heavy atom. The Morgan fingerprint density at radius 1 is 0.944 bits per heavy atom. The Bertz CT molecular complexity index is 229. The van der Waals surface area contributed by atoms with Gasteiger partial charge in [0.25, 0.3) is 0 Å². The summed E-state index contributed by atoms with van der Waals surface area (Å²) < 4.78 is 0. The predicted molar refractivity (Wildman–Crippen MR) is 77.6 cm³/mol. The van der Waals surface area contributed by atoms with Crippen molar-refractivity contribution in [3.63, 3.8) is 0 Å². The minimum absolute atomic E-state index is 0.390. The van der Waals surface area contributed by atoms with Gasteiger partial charge in [0.2, 0.25) is 5.91 Å². The highest BCUT2D eigenvalue weighted by Gasteiger charge is 2.30. The summed E-state index contributed by atoms with van der Waals surface area (Å²) in [5, 5.41) is 0. The summed E-state index contributed by atoms with van der Waals surface area (Å²) in [5.41, 5.74) is 0. The predicted octanol–water partition coefficient (Wildman–Crippen LogP) is 4.53. The second kappa shape index (κ2) is 8.55. The van der Waals surface area contributed by atoms with Gasteiger partial charge in [0.1, 0.15) is 0 Å². The molecule has 0 unspecified atom stereocenters. The van der Waals surface area contributed by atoms with Crippen LogP contribution in [0.15, 0.2) is 0 Å². The van der Waals surface area contributed by atoms with Crippen LogP contribution in [0.25, 0.3) is 0 Å². The molecule has 0 spiro atoms. The zero-order chi connectivity index (χ0) is 13.4. The molecular weight excluding hydrogens is 222 g/mol. The van der Waals surface area contributed by atoms with E-state index in [2.05, 4.69) is 25.7 Å². The van der Waals surface area contributed by atoms with Crippen LogP contribution in [0.3, 0.4) is 0 Å². The van der Waals surface area contributed by atoms with Crippen LogP contribution in [0.5, 0.6) is 0 Å². The van der Waals surface area contributed by atoms with Crippen molar-refractivity contribution < 1.29 is 4.79 Å². The largest absolute Gasteiger partial charge is 0.337 e. The average Bonchev–Trinajstić information content (AvgIpc) is 2.68. The van der Waals surface area contributed by atoms with Gasteiger partial charge < -0.3 is 4.90 Å². The quantitative estimate of drug-likeness (QED) is 0.582. The molecule has 1 aliphatic rings. The molecule has 0 radical (unpaired) electrons. The van der Waals surface area contributed by atoms with Crippen molar-refractivity contribution in [2.45, 2.75) is 97.1 Å². The number of carbonyl (C=O) groups is 1. The molecule has 0 saturated carbocycles. The molecular formula is C16H31NO. The average molecular weight is 253 g/mol. The molecule has 1 heterocycles. The third kappa shape index (κ3) is 4.99. The van der Waals surface area contributed by atoms with Gasteiger partial charge in [-0.1, -0.05) is 45.4 Å². The lowest BCUT2D eigenvalue weighted by Crippen LogP contribution is -2.38. The molecule has 1 fully saturated rings. The van der Waals surface area contributed by atoms with Gasteiger partial charge in [0.15, 0.2) is 0 Å². The third-order valence-electron chi connectivity index (χ3n) is 4.23. The molecule has 18 heavy (non-hydrogen) atoms. The Morgan fingerprint density at radius 3 is 2.00 bits per heavy atom. The number of nitrogens with zero attached hydrogens (tertiary/aromatic N) is 1. The smallest absolute Gasteiger partial charge is 0.223 e. The number of hydrogen-bond donors (Lipinski definition) is 0. The summed E-state index contributed by atoms with van der Waals surface area (Å²) in [7, 11) is 0. The number of rotatable bonds is 8. The fourth-order valence-corrected chi connectivity index (χ4v) is 3.05. The normalized spacial score (nSPS) is 23.6. The Balaban J connectivity index is 2.06. The van der Waals surface area contributed by atoms with E-state index in [9.17, 15) is 4.79 Å². The summed E-state index contributed by atoms with van der Waals surface area (Å²) in [6, 6.07) is 0.939. The monoisotopic (exact) mass is 253 g/mol. The first-order chi connectivity index (χ1) is 8.66. The molecule has 0 bridgehead atoms. The summed E-state index contributed by atoms with van der Waals surface area (Å²) in [5.74, 6) is 0.390. The Labute approximate surface area is 113 Å². The van der Waals surface area contributed by atoms with Crippen LogP contribution in [0.4, 0.5) is 0 Å². The molecule has 2 atom stereocenters. The molecule has 1 saturated heterocycles. The van der Waals surface area contributed by atoms with Crippen molar-refractivity contribution >= 4 is 5.91 Å². The standard InChI is InChI=1S/C16H31NO/c1-4-5-6-7-8-9-10-11-16(18)17-14(2)12-13-15(17)3/h14-15H,4-13H2,1-3H3/t14-,15-/m1/s1. The van der Waals surface area contributed by atoms with Gasteiger partial charge in [-0.3, -0.25) is 4.79 Å². The van der Waals surface area contributed by atoms with Crippen molar-refractivity contribution in [1.82, 2.24) is 4.90 Å². The first-order valence-corrected chi connectivity index (χ1v) is 7.98. The van der Waals surface area contributed by atoms with E-state index in [1.807, 2.05) is 0 Å². The molecule has 0 aromatic rings. The highest BCUT2D eigenvalue weighted by atomic mass is 16.2. The van der Waals surface area contributed by atoms with Gasteiger partial charge in [-0.25, -0.2) is 0 Å². The molecule has 0 aromatic carbocycles. The minimum atomic E-state index is 0.390. The SMILES string of the molecule is CCCCCCCCCC(=O)N1[C@H](C)CC[C@H]1C. The zero-order valence-corrected chi connectivity index (χ0v) is 12.6. The van der Waals surface area contributed by atoms with Crippen LogP contribution in [-0.2, 0) is 4.79 Å². The Hall–Kier alpha value is -0.530. The summed E-state index contributed by atoms with van der Waals surface area (Å²) in [4.78, 5) is 14.2. The molecule has 0 aliphatic carbocycles. The minimum Gasteiger partial charge on any atom is -0.337 e. The maximum absolute atomic E-state index is 12.1. The van der Waals surface area contributed by atoms with Crippen molar-refractivity contribution in [2.75, 3.05) is 0 Å². The van der Waals surface area contributed by atoms with Crippen LogP contribution in [0.2, 0.25) is 0 Å². The Kier molecular flexibility index (Phi) is 7.38. The zero-order valence-electron chi connectivity index (χ0n) is 12.6. The van der Waals surface area contributed by atoms with Crippen molar-refractivity contribution in [3.8, 4) is 0 Å².